The van der Waals surface area contributed by atoms with E-state index < -0.39 is 51.4 Å². The summed E-state index contributed by atoms with van der Waals surface area (Å²) in [6.07, 6.45) is 0. The van der Waals surface area contributed by atoms with Crippen LogP contribution >= 0.6 is 7.82 Å². The van der Waals surface area contributed by atoms with Crippen LogP contribution in [0.5, 0.6) is 11.5 Å². The van der Waals surface area contributed by atoms with E-state index in [1.54, 1.807) is 29.2 Å². The van der Waals surface area contributed by atoms with E-state index in [1.807, 2.05) is 0 Å². The normalized spacial score (nSPS) is 12.1. The van der Waals surface area contributed by atoms with Crippen molar-refractivity contribution in [2.45, 2.75) is 13.5 Å². The predicted molar refractivity (Wildman–Crippen MR) is 148 cm³/mol. The number of phosphoric ester groups is 1. The third-order valence-electron chi connectivity index (χ3n) is 6.40. The van der Waals surface area contributed by atoms with Crippen LogP contribution in [0.2, 0.25) is 0 Å². The highest BCUT2D eigenvalue weighted by Gasteiger charge is 2.23. The third kappa shape index (κ3) is 17.2. The average molecular weight is 685 g/mol. The van der Waals surface area contributed by atoms with Crippen molar-refractivity contribution in [2.75, 3.05) is 72.2 Å². The maximum Gasteiger partial charge on any atom is 0.124 e. The van der Waals surface area contributed by atoms with Crippen molar-refractivity contribution >= 4 is 25.7 Å². The van der Waals surface area contributed by atoms with Gasteiger partial charge in [0.05, 0.1) is 23.9 Å². The maximum absolute atomic E-state index is 11.5. The molecule has 0 aliphatic carbocycles. The second kappa shape index (κ2) is 21.2. The highest BCUT2D eigenvalue weighted by atomic mass is 31.2. The second-order valence-electron chi connectivity index (χ2n) is 9.79. The topological polar surface area (TPSA) is 276 Å². The highest BCUT2D eigenvalue weighted by molar-refractivity contribution is 7.43. The molecule has 0 aromatic heterocycles. The molecule has 47 heavy (non-hydrogen) atoms. The first-order chi connectivity index (χ1) is 21.8. The Kier molecular flexibility index (Phi) is 18.7. The van der Waals surface area contributed by atoms with Crippen LogP contribution < -0.4 is 44.9 Å². The van der Waals surface area contributed by atoms with Crippen molar-refractivity contribution in [3.63, 3.8) is 0 Å². The summed E-state index contributed by atoms with van der Waals surface area (Å²) < 4.78 is 21.1. The number of carboxylic acids is 3. The quantitative estimate of drug-likeness (QED) is 0.0564. The fourth-order valence-electron chi connectivity index (χ4n) is 4.41. The fourth-order valence-corrected chi connectivity index (χ4v) is 4.79. The van der Waals surface area contributed by atoms with Gasteiger partial charge in [0, 0.05) is 65.6 Å². The third-order valence-corrected chi connectivity index (χ3v) is 6.84. The minimum atomic E-state index is -5.20. The predicted octanol–water partition coefficient (Wildman–Crippen LogP) is -6.32. The Morgan fingerprint density at radius 2 is 1.11 bits per heavy atom. The zero-order valence-corrected chi connectivity index (χ0v) is 25.3. The number of nitrogens with zero attached hydrogens (tertiary/aromatic N) is 3. The van der Waals surface area contributed by atoms with Gasteiger partial charge >= 0.3 is 0 Å². The number of aliphatic carboxylic acids is 3. The van der Waals surface area contributed by atoms with Gasteiger partial charge in [-0.25, -0.2) is 0 Å². The fraction of sp³-hybridized carbons (Fsp3) is 0.464. The van der Waals surface area contributed by atoms with Crippen LogP contribution in [0.15, 0.2) is 48.5 Å². The van der Waals surface area contributed by atoms with Gasteiger partial charge < -0.3 is 73.6 Å². The summed E-state index contributed by atoms with van der Waals surface area (Å²) in [4.78, 5) is 67.0. The van der Waals surface area contributed by atoms with E-state index in [4.69, 9.17) is 4.74 Å². The van der Waals surface area contributed by atoms with Gasteiger partial charge in [0.25, 0.3) is 0 Å². The molecule has 0 fully saturated rings. The Morgan fingerprint density at radius 3 is 1.53 bits per heavy atom. The van der Waals surface area contributed by atoms with Crippen molar-refractivity contribution in [3.05, 3.63) is 48.5 Å². The molecule has 2 aromatic carbocycles. The van der Waals surface area contributed by atoms with Crippen molar-refractivity contribution < 1.29 is 73.6 Å². The summed E-state index contributed by atoms with van der Waals surface area (Å²) in [5, 5.41) is 55.1. The first kappa shape index (κ1) is 41.3. The molecule has 0 N–H and O–H groups in total. The Bertz CT molecular complexity index is 1250. The van der Waals surface area contributed by atoms with E-state index in [9.17, 15) is 54.6 Å². The monoisotopic (exact) mass is 684 g/mol. The van der Waals surface area contributed by atoms with Gasteiger partial charge in [-0.05, 0) is 35.4 Å². The number of carbonyl (C=O) groups is 3. The number of rotatable bonds is 24. The van der Waals surface area contributed by atoms with Gasteiger partial charge in [-0.3, -0.25) is 14.7 Å². The second-order valence-corrected chi connectivity index (χ2v) is 10.9. The molecule has 0 saturated carbocycles. The Hall–Kier alpha value is -3.68. The lowest BCUT2D eigenvalue weighted by atomic mass is 10.1. The summed E-state index contributed by atoms with van der Waals surface area (Å²) >= 11 is 0. The molecule has 0 spiro atoms. The van der Waals surface area contributed by atoms with Gasteiger partial charge in [0.2, 0.25) is 0 Å². The number of carboxylic acid groups (broad SMARTS) is 3. The van der Waals surface area contributed by atoms with Gasteiger partial charge in [-0.15, -0.1) is 0 Å². The molecule has 0 amide bonds. The molecule has 2 aromatic rings. The number of ether oxygens (including phenoxy) is 1. The summed E-state index contributed by atoms with van der Waals surface area (Å²) in [5.41, 5.74) is 1.36. The summed E-state index contributed by atoms with van der Waals surface area (Å²) in [6.45, 7) is -3.27. The minimum absolute atomic E-state index is 0. The van der Waals surface area contributed by atoms with Crippen LogP contribution in [0.1, 0.15) is 7.43 Å². The van der Waals surface area contributed by atoms with Crippen LogP contribution in [-0.4, -0.2) is 111 Å². The average Bonchev–Trinajstić information content (AvgIpc) is 2.97. The first-order valence-electron chi connectivity index (χ1n) is 13.6. The van der Waals surface area contributed by atoms with Crippen molar-refractivity contribution in [3.8, 4) is 22.6 Å². The van der Waals surface area contributed by atoms with Gasteiger partial charge in [-0.1, -0.05) is 31.7 Å². The lowest BCUT2D eigenvalue weighted by Gasteiger charge is -2.37. The number of hydrogen-bond acceptors (Lipinski definition) is 18. The largest absolute Gasteiger partial charge is 0.780 e. The number of benzene rings is 2. The van der Waals surface area contributed by atoms with Gasteiger partial charge in [-0.2, -0.15) is 0 Å². The molecular weight excluding hydrogens is 649 g/mol. The van der Waals surface area contributed by atoms with E-state index in [1.165, 1.54) is 29.2 Å². The molecular formula is C28H35N3O15P-7. The molecule has 264 valence electrons. The van der Waals surface area contributed by atoms with E-state index in [0.717, 1.165) is 4.90 Å². The maximum atomic E-state index is 11.5. The molecule has 0 aliphatic rings. The Labute approximate surface area is 271 Å². The molecule has 1 unspecified atom stereocenters. The molecule has 0 radical (unpaired) electrons. The van der Waals surface area contributed by atoms with Crippen molar-refractivity contribution in [1.29, 1.82) is 0 Å². The van der Waals surface area contributed by atoms with Crippen LogP contribution in [0.4, 0.5) is 0 Å². The standard InChI is InChI=1S/C27H38N3O15P.CH4/c31-25(32)16-28(9-10-29(17-26(33)34)18-27(35)36)15-22(30(11-13-43-37)12-14-44-38)19-42-23-5-1-20(2-6-23)21-3-7-24(8-4-21)45-46(39,40)41;/h1-8,22,37-38H,9-19H2,(H,31,32)(H,33,34)(H,35,36)(H2,39,40,41);1H4/p-7. The van der Waals surface area contributed by atoms with Crippen LogP contribution in [0, 0.1) is 0 Å². The minimum Gasteiger partial charge on any atom is -0.780 e. The van der Waals surface area contributed by atoms with E-state index in [0.29, 0.717) is 16.9 Å². The van der Waals surface area contributed by atoms with Crippen molar-refractivity contribution in [2.24, 2.45) is 0 Å². The number of phosphoric acid groups is 1. The smallest absolute Gasteiger partial charge is 0.124 e. The highest BCUT2D eigenvalue weighted by Crippen LogP contribution is 2.31. The van der Waals surface area contributed by atoms with Gasteiger partial charge in [0.1, 0.15) is 25.9 Å². The molecule has 0 saturated heterocycles. The van der Waals surface area contributed by atoms with E-state index in [2.05, 4.69) is 14.3 Å². The zero-order valence-electron chi connectivity index (χ0n) is 24.4. The molecule has 18 nitrogen and oxygen atoms in total. The molecule has 2 rings (SSSR count). The van der Waals surface area contributed by atoms with E-state index in [-0.39, 0.29) is 65.7 Å². The molecule has 0 bridgehead atoms. The lowest BCUT2D eigenvalue weighted by molar-refractivity contribution is -0.690. The molecule has 0 heterocycles. The SMILES string of the molecule is C.O=C([O-])CN(CCN(CC(=O)[O-])CC(COc1ccc(-c2ccc(OP(=O)([O-])[O-])cc2)cc1)N(CCO[O-])CCO[O-])CC(=O)[O-]. The molecule has 1 atom stereocenters. The summed E-state index contributed by atoms with van der Waals surface area (Å²) in [6, 6.07) is 11.6. The molecule has 0 aliphatic heterocycles. The van der Waals surface area contributed by atoms with Crippen LogP contribution in [-0.2, 0) is 28.7 Å². The van der Waals surface area contributed by atoms with Crippen LogP contribution in [0.25, 0.3) is 11.1 Å². The van der Waals surface area contributed by atoms with Crippen molar-refractivity contribution in [1.82, 2.24) is 14.7 Å². The number of hydrogen-bond donors (Lipinski definition) is 0. The molecule has 19 heteroatoms. The zero-order chi connectivity index (χ0) is 34.1. The summed E-state index contributed by atoms with van der Waals surface area (Å²) in [7, 11) is -5.20. The number of carbonyl (C=O) groups excluding carboxylic acids is 3. The lowest BCUT2D eigenvalue weighted by Crippen LogP contribution is -2.53. The van der Waals surface area contributed by atoms with Crippen LogP contribution in [0.3, 0.4) is 0 Å². The van der Waals surface area contributed by atoms with Gasteiger partial charge in [0.15, 0.2) is 0 Å². The summed E-state index contributed by atoms with van der Waals surface area (Å²) in [5.74, 6) is -4.35. The Morgan fingerprint density at radius 1 is 0.681 bits per heavy atom. The van der Waals surface area contributed by atoms with E-state index >= 15 is 0 Å². The first-order valence-corrected chi connectivity index (χ1v) is 15.1. The Balaban J connectivity index is 0.0000110.